The van der Waals surface area contributed by atoms with E-state index in [1.807, 2.05) is 24.3 Å². The number of nitrogens with zero attached hydrogens (tertiary/aromatic N) is 2. The maximum Gasteiger partial charge on any atom is 0.253 e. The average molecular weight is 447 g/mol. The minimum atomic E-state index is -0.0877. The number of hydrogen-bond acceptors (Lipinski definition) is 5. The number of pyridine rings is 1. The lowest BCUT2D eigenvalue weighted by molar-refractivity contribution is 0.0367. The Hall–Kier alpha value is -2.16. The van der Waals surface area contributed by atoms with Crippen molar-refractivity contribution in [2.24, 2.45) is 0 Å². The Morgan fingerprint density at radius 3 is 2.84 bits per heavy atom. The second kappa shape index (κ2) is 12.0. The highest BCUT2D eigenvalue weighted by Crippen LogP contribution is 2.19. The summed E-state index contributed by atoms with van der Waals surface area (Å²) in [6.45, 7) is 8.87. The number of hydrogen-bond donors (Lipinski definition) is 2. The molecule has 31 heavy (non-hydrogen) atoms. The third-order valence-electron chi connectivity index (χ3n) is 5.59. The Labute approximate surface area is 189 Å². The summed E-state index contributed by atoms with van der Waals surface area (Å²) in [6, 6.07) is 7.67. The molecule has 0 radical (unpaired) electrons. The third-order valence-corrected chi connectivity index (χ3v) is 5.99. The number of nitrogens with one attached hydrogen (secondary N) is 2. The molecule has 0 spiro atoms. The molecule has 3 rings (SSSR count). The topological polar surface area (TPSA) is 69.8 Å². The first kappa shape index (κ1) is 23.5. The SMILES string of the molecule is CCCCNC(=S)N(CCCN1CCOCC1)Cc1cc2ccc(OC)cc2[nH]c1=O. The average Bonchev–Trinajstić information content (AvgIpc) is 2.79. The van der Waals surface area contributed by atoms with Gasteiger partial charge in [0, 0.05) is 44.4 Å². The number of benzene rings is 1. The molecule has 1 saturated heterocycles. The van der Waals surface area contributed by atoms with Gasteiger partial charge in [-0.3, -0.25) is 9.69 Å². The standard InChI is InChI=1S/C23H34N4O3S/c1-3-4-8-24-23(31)27(10-5-9-26-11-13-30-14-12-26)17-19-15-18-6-7-20(29-2)16-21(18)25-22(19)28/h6-7,15-16H,3-5,8-14,17H2,1-2H3,(H,24,31)(H,25,28). The van der Waals surface area contributed by atoms with Gasteiger partial charge < -0.3 is 24.7 Å². The van der Waals surface area contributed by atoms with E-state index in [9.17, 15) is 4.79 Å². The van der Waals surface area contributed by atoms with Crippen molar-refractivity contribution in [1.29, 1.82) is 0 Å². The molecular formula is C23H34N4O3S. The van der Waals surface area contributed by atoms with E-state index >= 15 is 0 Å². The molecule has 1 aliphatic rings. The lowest BCUT2D eigenvalue weighted by atomic mass is 10.1. The van der Waals surface area contributed by atoms with E-state index in [1.54, 1.807) is 7.11 Å². The molecule has 1 aromatic carbocycles. The van der Waals surface area contributed by atoms with E-state index in [0.717, 1.165) is 81.9 Å². The number of unbranched alkanes of at least 4 members (excludes halogenated alkanes) is 1. The van der Waals surface area contributed by atoms with E-state index in [1.165, 1.54) is 0 Å². The van der Waals surface area contributed by atoms with E-state index in [4.69, 9.17) is 21.7 Å². The molecule has 0 saturated carbocycles. The van der Waals surface area contributed by atoms with Gasteiger partial charge in [0.1, 0.15) is 5.75 Å². The summed E-state index contributed by atoms with van der Waals surface area (Å²) in [4.78, 5) is 20.3. The van der Waals surface area contributed by atoms with Gasteiger partial charge >= 0.3 is 0 Å². The first-order valence-corrected chi connectivity index (χ1v) is 11.5. The van der Waals surface area contributed by atoms with Crippen molar-refractivity contribution in [3.05, 3.63) is 40.2 Å². The molecule has 0 aliphatic carbocycles. The fourth-order valence-corrected chi connectivity index (χ4v) is 3.98. The second-order valence-corrected chi connectivity index (χ2v) is 8.28. The molecule has 0 bridgehead atoms. The van der Waals surface area contributed by atoms with Gasteiger partial charge in [-0.15, -0.1) is 0 Å². The summed E-state index contributed by atoms with van der Waals surface area (Å²) >= 11 is 5.68. The Morgan fingerprint density at radius 1 is 1.29 bits per heavy atom. The summed E-state index contributed by atoms with van der Waals surface area (Å²) in [7, 11) is 1.62. The summed E-state index contributed by atoms with van der Waals surface area (Å²) in [5.74, 6) is 0.724. The van der Waals surface area contributed by atoms with Crippen LogP contribution in [0.15, 0.2) is 29.1 Å². The van der Waals surface area contributed by atoms with Crippen LogP contribution in [0.2, 0.25) is 0 Å². The van der Waals surface area contributed by atoms with Gasteiger partial charge in [-0.1, -0.05) is 13.3 Å². The number of rotatable bonds is 10. The van der Waals surface area contributed by atoms with Crippen molar-refractivity contribution in [2.45, 2.75) is 32.7 Å². The minimum Gasteiger partial charge on any atom is -0.497 e. The lowest BCUT2D eigenvalue weighted by Crippen LogP contribution is -2.43. The zero-order valence-electron chi connectivity index (χ0n) is 18.6. The quantitative estimate of drug-likeness (QED) is 0.430. The number of H-pyrrole nitrogens is 1. The summed E-state index contributed by atoms with van der Waals surface area (Å²) in [5, 5.41) is 5.05. The number of aromatic nitrogens is 1. The molecule has 1 aliphatic heterocycles. The molecule has 0 atom stereocenters. The normalized spacial score (nSPS) is 14.5. The summed E-state index contributed by atoms with van der Waals surface area (Å²) < 4.78 is 10.7. The number of fused-ring (bicyclic) bond motifs is 1. The van der Waals surface area contributed by atoms with Gasteiger partial charge in [0.05, 0.1) is 32.4 Å². The van der Waals surface area contributed by atoms with E-state index in [2.05, 4.69) is 27.0 Å². The highest BCUT2D eigenvalue weighted by molar-refractivity contribution is 7.80. The molecule has 1 fully saturated rings. The van der Waals surface area contributed by atoms with Gasteiger partial charge in [0.15, 0.2) is 5.11 Å². The lowest BCUT2D eigenvalue weighted by Gasteiger charge is -2.29. The van der Waals surface area contributed by atoms with Crippen molar-refractivity contribution in [3.63, 3.8) is 0 Å². The van der Waals surface area contributed by atoms with Gasteiger partial charge in [-0.25, -0.2) is 0 Å². The van der Waals surface area contributed by atoms with E-state index < -0.39 is 0 Å². The summed E-state index contributed by atoms with van der Waals surface area (Å²) in [6.07, 6.45) is 3.17. The molecule has 170 valence electrons. The fraction of sp³-hybridized carbons (Fsp3) is 0.565. The highest BCUT2D eigenvalue weighted by Gasteiger charge is 2.15. The molecule has 0 unspecified atom stereocenters. The number of thiocarbonyl (C=S) groups is 1. The summed E-state index contributed by atoms with van der Waals surface area (Å²) in [5.41, 5.74) is 1.40. The molecule has 2 N–H and O–H groups in total. The van der Waals surface area contributed by atoms with Gasteiger partial charge in [-0.2, -0.15) is 0 Å². The number of methoxy groups -OCH3 is 1. The zero-order valence-corrected chi connectivity index (χ0v) is 19.4. The Balaban J connectivity index is 1.70. The van der Waals surface area contributed by atoms with Crippen LogP contribution >= 0.6 is 12.2 Å². The fourth-order valence-electron chi connectivity index (χ4n) is 3.72. The van der Waals surface area contributed by atoms with Crippen molar-refractivity contribution in [3.8, 4) is 5.75 Å². The predicted molar refractivity (Wildman–Crippen MR) is 129 cm³/mol. The Bertz CT molecular complexity index is 911. The predicted octanol–water partition coefficient (Wildman–Crippen LogP) is 2.74. The van der Waals surface area contributed by atoms with Crippen LogP contribution in [0.4, 0.5) is 0 Å². The van der Waals surface area contributed by atoms with Crippen molar-refractivity contribution in [2.75, 3.05) is 53.0 Å². The Morgan fingerprint density at radius 2 is 2.10 bits per heavy atom. The van der Waals surface area contributed by atoms with Crippen LogP contribution < -0.4 is 15.6 Å². The number of morpholine rings is 1. The smallest absolute Gasteiger partial charge is 0.253 e. The van der Waals surface area contributed by atoms with Crippen LogP contribution in [-0.2, 0) is 11.3 Å². The minimum absolute atomic E-state index is 0.0877. The van der Waals surface area contributed by atoms with Crippen LogP contribution in [0.3, 0.4) is 0 Å². The van der Waals surface area contributed by atoms with Gasteiger partial charge in [-0.05, 0) is 48.6 Å². The monoisotopic (exact) mass is 446 g/mol. The zero-order chi connectivity index (χ0) is 22.1. The van der Waals surface area contributed by atoms with Crippen molar-refractivity contribution < 1.29 is 9.47 Å². The molecule has 2 heterocycles. The molecule has 7 nitrogen and oxygen atoms in total. The Kier molecular flexibility index (Phi) is 9.12. The third kappa shape index (κ3) is 6.92. The van der Waals surface area contributed by atoms with Crippen LogP contribution in [0.25, 0.3) is 10.9 Å². The highest BCUT2D eigenvalue weighted by atomic mass is 32.1. The maximum atomic E-state index is 12.8. The van der Waals surface area contributed by atoms with Crippen LogP contribution in [-0.4, -0.2) is 72.9 Å². The number of ether oxygens (including phenoxy) is 2. The molecule has 2 aromatic rings. The second-order valence-electron chi connectivity index (χ2n) is 7.89. The van der Waals surface area contributed by atoms with Crippen molar-refractivity contribution in [1.82, 2.24) is 20.1 Å². The van der Waals surface area contributed by atoms with Crippen molar-refractivity contribution >= 4 is 28.2 Å². The molecule has 1 aromatic heterocycles. The molecule has 0 amide bonds. The first-order valence-electron chi connectivity index (χ1n) is 11.1. The number of aromatic amines is 1. The van der Waals surface area contributed by atoms with Gasteiger partial charge in [0.2, 0.25) is 0 Å². The van der Waals surface area contributed by atoms with E-state index in [0.29, 0.717) is 17.2 Å². The van der Waals surface area contributed by atoms with E-state index in [-0.39, 0.29) is 5.56 Å². The van der Waals surface area contributed by atoms with Crippen LogP contribution in [0, 0.1) is 0 Å². The maximum absolute atomic E-state index is 12.8. The molecule has 8 heteroatoms. The largest absolute Gasteiger partial charge is 0.497 e. The molecular weight excluding hydrogens is 412 g/mol. The van der Waals surface area contributed by atoms with Crippen LogP contribution in [0.1, 0.15) is 31.7 Å². The first-order chi connectivity index (χ1) is 15.1. The van der Waals surface area contributed by atoms with Crippen LogP contribution in [0.5, 0.6) is 5.75 Å². The van der Waals surface area contributed by atoms with Gasteiger partial charge in [0.25, 0.3) is 5.56 Å².